The van der Waals surface area contributed by atoms with Crippen molar-refractivity contribution in [3.63, 3.8) is 0 Å². The third kappa shape index (κ3) is 11.1. The number of benzene rings is 2. The van der Waals surface area contributed by atoms with Crippen molar-refractivity contribution in [1.82, 2.24) is 10.6 Å². The summed E-state index contributed by atoms with van der Waals surface area (Å²) in [5.41, 5.74) is 1.38. The number of carbonyl (C=O) groups is 3. The Morgan fingerprint density at radius 3 is 2.35 bits per heavy atom. The lowest BCUT2D eigenvalue weighted by Crippen LogP contribution is -2.43. The van der Waals surface area contributed by atoms with E-state index in [1.165, 1.54) is 25.3 Å². The number of allylic oxidation sites excluding steroid dienone is 2. The third-order valence-electron chi connectivity index (χ3n) is 5.43. The van der Waals surface area contributed by atoms with Crippen LogP contribution in [0, 0.1) is 5.92 Å². The standard InChI is InChI=1S/C28H36N2O7/c1-19(2)8-6-4-5-7-9-26(32)29-18-21-12-15-24(25(17-21)36-3)37-28(35)30-23(27(33)34)16-20-10-13-22(31)14-11-20/h6,8,10-15,17,19,23,31H,4-5,7,9,16,18H2,1-3H3,(H,29,32)(H,30,35)(H,33,34)/b8-6+/t23-/m0/s1. The van der Waals surface area contributed by atoms with Crippen molar-refractivity contribution in [2.45, 2.75) is 58.5 Å². The van der Waals surface area contributed by atoms with Gasteiger partial charge in [-0.3, -0.25) is 4.79 Å². The lowest BCUT2D eigenvalue weighted by molar-refractivity contribution is -0.139. The normalized spacial score (nSPS) is 11.8. The number of unbranched alkanes of at least 4 members (excludes halogenated alkanes) is 2. The van der Waals surface area contributed by atoms with Gasteiger partial charge in [-0.15, -0.1) is 0 Å². The second-order valence-corrected chi connectivity index (χ2v) is 8.98. The van der Waals surface area contributed by atoms with Gasteiger partial charge in [-0.05, 0) is 60.6 Å². The maximum absolute atomic E-state index is 12.4. The maximum atomic E-state index is 12.4. The molecule has 4 N–H and O–H groups in total. The van der Waals surface area contributed by atoms with Crippen molar-refractivity contribution in [2.75, 3.05) is 7.11 Å². The molecular weight excluding hydrogens is 476 g/mol. The molecule has 0 saturated heterocycles. The van der Waals surface area contributed by atoms with Gasteiger partial charge in [-0.1, -0.05) is 44.2 Å². The summed E-state index contributed by atoms with van der Waals surface area (Å²) >= 11 is 0. The molecule has 37 heavy (non-hydrogen) atoms. The van der Waals surface area contributed by atoms with Crippen molar-refractivity contribution < 1.29 is 34.1 Å². The molecule has 9 nitrogen and oxygen atoms in total. The van der Waals surface area contributed by atoms with Crippen LogP contribution in [0.15, 0.2) is 54.6 Å². The predicted molar refractivity (Wildman–Crippen MR) is 140 cm³/mol. The number of carbonyl (C=O) groups excluding carboxylic acids is 2. The molecule has 0 spiro atoms. The summed E-state index contributed by atoms with van der Waals surface area (Å²) in [6.45, 7) is 4.55. The monoisotopic (exact) mass is 512 g/mol. The van der Waals surface area contributed by atoms with E-state index in [-0.39, 0.29) is 29.6 Å². The average Bonchev–Trinajstić information content (AvgIpc) is 2.86. The number of carboxylic acid groups (broad SMARTS) is 1. The summed E-state index contributed by atoms with van der Waals surface area (Å²) in [7, 11) is 1.42. The molecule has 2 amide bonds. The Balaban J connectivity index is 1.86. The van der Waals surface area contributed by atoms with Gasteiger partial charge in [-0.25, -0.2) is 9.59 Å². The average molecular weight is 513 g/mol. The fourth-order valence-corrected chi connectivity index (χ4v) is 3.45. The van der Waals surface area contributed by atoms with Crippen LogP contribution in [-0.4, -0.2) is 41.3 Å². The third-order valence-corrected chi connectivity index (χ3v) is 5.43. The van der Waals surface area contributed by atoms with E-state index in [0.29, 0.717) is 24.4 Å². The largest absolute Gasteiger partial charge is 0.508 e. The summed E-state index contributed by atoms with van der Waals surface area (Å²) in [5.74, 6) is -0.300. The Morgan fingerprint density at radius 1 is 1.00 bits per heavy atom. The highest BCUT2D eigenvalue weighted by Gasteiger charge is 2.22. The maximum Gasteiger partial charge on any atom is 0.413 e. The lowest BCUT2D eigenvalue weighted by Gasteiger charge is -2.16. The van der Waals surface area contributed by atoms with Crippen LogP contribution < -0.4 is 20.1 Å². The van der Waals surface area contributed by atoms with Crippen molar-refractivity contribution in [3.05, 3.63) is 65.7 Å². The number of phenols is 1. The van der Waals surface area contributed by atoms with E-state index >= 15 is 0 Å². The molecule has 9 heteroatoms. The molecule has 1 atom stereocenters. The molecule has 0 unspecified atom stereocenters. The topological polar surface area (TPSA) is 134 Å². The SMILES string of the molecule is COc1cc(CNC(=O)CCCC/C=C/C(C)C)ccc1OC(=O)N[C@@H](Cc1ccc(O)cc1)C(=O)O. The zero-order valence-electron chi connectivity index (χ0n) is 21.5. The molecule has 2 aromatic carbocycles. The molecular formula is C28H36N2O7. The molecule has 0 aliphatic heterocycles. The highest BCUT2D eigenvalue weighted by atomic mass is 16.6. The first kappa shape index (κ1) is 29.2. The van der Waals surface area contributed by atoms with Gasteiger partial charge in [0.05, 0.1) is 7.11 Å². The molecule has 0 bridgehead atoms. The van der Waals surface area contributed by atoms with Crippen LogP contribution in [-0.2, 0) is 22.6 Å². The van der Waals surface area contributed by atoms with Gasteiger partial charge in [-0.2, -0.15) is 0 Å². The first-order valence-electron chi connectivity index (χ1n) is 12.3. The molecule has 2 aromatic rings. The summed E-state index contributed by atoms with van der Waals surface area (Å²) < 4.78 is 10.6. The van der Waals surface area contributed by atoms with E-state index < -0.39 is 18.1 Å². The van der Waals surface area contributed by atoms with Crippen molar-refractivity contribution in [3.8, 4) is 17.2 Å². The summed E-state index contributed by atoms with van der Waals surface area (Å²) in [4.78, 5) is 36.1. The zero-order chi connectivity index (χ0) is 27.2. The van der Waals surface area contributed by atoms with E-state index in [2.05, 4.69) is 36.6 Å². The fourth-order valence-electron chi connectivity index (χ4n) is 3.45. The van der Waals surface area contributed by atoms with Gasteiger partial charge in [0, 0.05) is 19.4 Å². The van der Waals surface area contributed by atoms with Gasteiger partial charge in [0.2, 0.25) is 5.91 Å². The number of nitrogens with one attached hydrogen (secondary N) is 2. The number of rotatable bonds is 14. The number of ether oxygens (including phenoxy) is 2. The van der Waals surface area contributed by atoms with Crippen LogP contribution >= 0.6 is 0 Å². The van der Waals surface area contributed by atoms with Crippen LogP contribution in [0.2, 0.25) is 0 Å². The minimum Gasteiger partial charge on any atom is -0.508 e. The van der Waals surface area contributed by atoms with Crippen LogP contribution in [0.1, 0.15) is 50.7 Å². The number of aliphatic carboxylic acids is 1. The number of carboxylic acids is 1. The first-order valence-corrected chi connectivity index (χ1v) is 12.3. The number of hydrogen-bond donors (Lipinski definition) is 4. The Labute approximate surface area is 217 Å². The van der Waals surface area contributed by atoms with Crippen molar-refractivity contribution >= 4 is 18.0 Å². The molecule has 0 aliphatic rings. The van der Waals surface area contributed by atoms with Gasteiger partial charge >= 0.3 is 12.1 Å². The van der Waals surface area contributed by atoms with E-state index in [1.54, 1.807) is 24.3 Å². The number of hydrogen-bond acceptors (Lipinski definition) is 6. The van der Waals surface area contributed by atoms with E-state index in [9.17, 15) is 24.6 Å². The predicted octanol–water partition coefficient (Wildman–Crippen LogP) is 4.57. The molecule has 0 aromatic heterocycles. The summed E-state index contributed by atoms with van der Waals surface area (Å²) in [6, 6.07) is 9.65. The quantitative estimate of drug-likeness (QED) is 0.215. The van der Waals surface area contributed by atoms with Crippen LogP contribution in [0.4, 0.5) is 4.79 Å². The lowest BCUT2D eigenvalue weighted by atomic mass is 10.1. The number of phenolic OH excluding ortho intramolecular Hbond substituents is 1. The second kappa shape index (κ2) is 15.2. The Bertz CT molecular complexity index is 1060. The molecule has 2 rings (SSSR count). The molecule has 200 valence electrons. The van der Waals surface area contributed by atoms with Crippen molar-refractivity contribution in [2.24, 2.45) is 5.92 Å². The smallest absolute Gasteiger partial charge is 0.413 e. The zero-order valence-corrected chi connectivity index (χ0v) is 21.5. The Morgan fingerprint density at radius 2 is 1.70 bits per heavy atom. The first-order chi connectivity index (χ1) is 17.7. The van der Waals surface area contributed by atoms with Crippen molar-refractivity contribution in [1.29, 1.82) is 0 Å². The fraction of sp³-hybridized carbons (Fsp3) is 0.393. The highest BCUT2D eigenvalue weighted by Crippen LogP contribution is 2.28. The van der Waals surface area contributed by atoms with E-state index in [1.807, 2.05) is 0 Å². The van der Waals surface area contributed by atoms with E-state index in [0.717, 1.165) is 24.8 Å². The van der Waals surface area contributed by atoms with E-state index in [4.69, 9.17) is 9.47 Å². The minimum absolute atomic E-state index is 0.00906. The highest BCUT2D eigenvalue weighted by molar-refractivity contribution is 5.81. The summed E-state index contributed by atoms with van der Waals surface area (Å²) in [5, 5.41) is 24.1. The van der Waals surface area contributed by atoms with Gasteiger partial charge in [0.1, 0.15) is 11.8 Å². The molecule has 0 saturated carbocycles. The number of methoxy groups -OCH3 is 1. The number of amides is 2. The van der Waals surface area contributed by atoms with Gasteiger partial charge < -0.3 is 30.3 Å². The number of aromatic hydroxyl groups is 1. The Kier molecular flexibility index (Phi) is 12.0. The molecule has 0 aliphatic carbocycles. The van der Waals surface area contributed by atoms with Gasteiger partial charge in [0.15, 0.2) is 11.5 Å². The Hall–Kier alpha value is -4.01. The van der Waals surface area contributed by atoms with Crippen LogP contribution in [0.3, 0.4) is 0 Å². The molecule has 0 heterocycles. The second-order valence-electron chi connectivity index (χ2n) is 8.98. The molecule has 0 fully saturated rings. The van der Waals surface area contributed by atoms with Crippen LogP contribution in [0.5, 0.6) is 17.2 Å². The minimum atomic E-state index is -1.23. The molecule has 0 radical (unpaired) electrons. The van der Waals surface area contributed by atoms with Gasteiger partial charge in [0.25, 0.3) is 0 Å². The summed E-state index contributed by atoms with van der Waals surface area (Å²) in [6.07, 6.45) is 6.54. The van der Waals surface area contributed by atoms with Crippen LogP contribution in [0.25, 0.3) is 0 Å².